The number of halogens is 1. The number of benzene rings is 2. The van der Waals surface area contributed by atoms with Crippen LogP contribution in [0.5, 0.6) is 0 Å². The maximum absolute atomic E-state index is 13.5. The van der Waals surface area contributed by atoms with Crippen LogP contribution in [0.3, 0.4) is 0 Å². The van der Waals surface area contributed by atoms with Gasteiger partial charge < -0.3 is 0 Å². The van der Waals surface area contributed by atoms with Crippen LogP contribution in [0.25, 0.3) is 21.3 Å². The number of hydrogen-bond donors (Lipinski definition) is 0. The number of carbonyl (C=O) groups is 1. The minimum absolute atomic E-state index is 0.191. The van der Waals surface area contributed by atoms with E-state index in [0.29, 0.717) is 26.8 Å². The number of amides is 1. The van der Waals surface area contributed by atoms with Crippen molar-refractivity contribution in [1.82, 2.24) is 19.9 Å². The summed E-state index contributed by atoms with van der Waals surface area (Å²) < 4.78 is 0.917. The first-order valence-electron chi connectivity index (χ1n) is 9.17. The molecule has 0 unspecified atom stereocenters. The Morgan fingerprint density at radius 2 is 1.80 bits per heavy atom. The molecule has 0 atom stereocenters. The van der Waals surface area contributed by atoms with Crippen LogP contribution in [-0.4, -0.2) is 25.8 Å². The number of thiazole rings is 1. The molecule has 0 saturated heterocycles. The summed E-state index contributed by atoms with van der Waals surface area (Å²) in [7, 11) is 0. The smallest absolute Gasteiger partial charge is 0.260 e. The molecule has 146 valence electrons. The standard InChI is InChI=1S/C22H14ClN5OS/c23-16-5-3-6-19-20(16)27-22(30-19)28(13-15-4-1-2-9-24-15)21(29)14-7-8-17-18(12-14)26-11-10-25-17/h1-12H,13H2. The molecule has 0 aliphatic carbocycles. The van der Waals surface area contributed by atoms with Gasteiger partial charge in [-0.15, -0.1) is 0 Å². The molecule has 0 spiro atoms. The Hall–Kier alpha value is -3.42. The molecule has 0 bridgehead atoms. The fraction of sp³-hybridized carbons (Fsp3) is 0.0455. The lowest BCUT2D eigenvalue weighted by atomic mass is 10.1. The van der Waals surface area contributed by atoms with Crippen molar-refractivity contribution in [2.75, 3.05) is 4.90 Å². The third-order valence-corrected chi connectivity index (χ3v) is 5.95. The molecule has 30 heavy (non-hydrogen) atoms. The number of fused-ring (bicyclic) bond motifs is 2. The Bertz CT molecular complexity index is 1370. The zero-order chi connectivity index (χ0) is 20.5. The van der Waals surface area contributed by atoms with Crippen LogP contribution in [0.4, 0.5) is 5.13 Å². The molecule has 5 aromatic rings. The third kappa shape index (κ3) is 3.49. The summed E-state index contributed by atoms with van der Waals surface area (Å²) in [6.45, 7) is 0.287. The molecule has 3 heterocycles. The largest absolute Gasteiger partial charge is 0.278 e. The summed E-state index contributed by atoms with van der Waals surface area (Å²) in [4.78, 5) is 32.8. The van der Waals surface area contributed by atoms with E-state index in [9.17, 15) is 4.79 Å². The summed E-state index contributed by atoms with van der Waals surface area (Å²) in [6.07, 6.45) is 4.94. The van der Waals surface area contributed by atoms with Gasteiger partial charge in [0.15, 0.2) is 5.13 Å². The highest BCUT2D eigenvalue weighted by atomic mass is 35.5. The SMILES string of the molecule is O=C(c1ccc2nccnc2c1)N(Cc1ccccn1)c1nc2c(Cl)cccc2s1. The lowest BCUT2D eigenvalue weighted by molar-refractivity contribution is 0.0985. The summed E-state index contributed by atoms with van der Waals surface area (Å²) in [6, 6.07) is 16.5. The Morgan fingerprint density at radius 3 is 2.60 bits per heavy atom. The Morgan fingerprint density at radius 1 is 0.933 bits per heavy atom. The molecule has 3 aromatic heterocycles. The maximum atomic E-state index is 13.5. The van der Waals surface area contributed by atoms with Crippen molar-refractivity contribution in [3.8, 4) is 0 Å². The van der Waals surface area contributed by atoms with Gasteiger partial charge in [0.25, 0.3) is 5.91 Å². The van der Waals surface area contributed by atoms with E-state index < -0.39 is 0 Å². The summed E-state index contributed by atoms with van der Waals surface area (Å²) in [5, 5.41) is 1.12. The second-order valence-electron chi connectivity index (χ2n) is 6.56. The quantitative estimate of drug-likeness (QED) is 0.394. The molecule has 0 aliphatic heterocycles. The number of nitrogens with zero attached hydrogens (tertiary/aromatic N) is 5. The molecule has 6 nitrogen and oxygen atoms in total. The second kappa shape index (κ2) is 7.78. The Kier molecular flexibility index (Phi) is 4.82. The highest BCUT2D eigenvalue weighted by molar-refractivity contribution is 7.22. The van der Waals surface area contributed by atoms with Crippen molar-refractivity contribution in [2.24, 2.45) is 0 Å². The van der Waals surface area contributed by atoms with Gasteiger partial charge in [0.05, 0.1) is 33.0 Å². The lowest BCUT2D eigenvalue weighted by Crippen LogP contribution is -2.30. The van der Waals surface area contributed by atoms with Crippen LogP contribution in [-0.2, 0) is 6.54 Å². The highest BCUT2D eigenvalue weighted by Crippen LogP contribution is 2.34. The van der Waals surface area contributed by atoms with Crippen molar-refractivity contribution in [2.45, 2.75) is 6.54 Å². The van der Waals surface area contributed by atoms with Crippen LogP contribution in [0.15, 0.2) is 73.2 Å². The molecular weight excluding hydrogens is 418 g/mol. The van der Waals surface area contributed by atoms with E-state index in [1.807, 2.05) is 30.3 Å². The molecular formula is C22H14ClN5OS. The van der Waals surface area contributed by atoms with E-state index in [-0.39, 0.29) is 12.5 Å². The van der Waals surface area contributed by atoms with Gasteiger partial charge in [0.1, 0.15) is 5.52 Å². The molecule has 5 rings (SSSR count). The van der Waals surface area contributed by atoms with Gasteiger partial charge >= 0.3 is 0 Å². The van der Waals surface area contributed by atoms with E-state index in [2.05, 4.69) is 19.9 Å². The number of pyridine rings is 1. The summed E-state index contributed by atoms with van der Waals surface area (Å²) >= 11 is 7.73. The molecule has 0 fully saturated rings. The van der Waals surface area contributed by atoms with E-state index in [1.54, 1.807) is 47.8 Å². The molecule has 8 heteroatoms. The third-order valence-electron chi connectivity index (χ3n) is 4.60. The monoisotopic (exact) mass is 431 g/mol. The Balaban J connectivity index is 1.60. The Labute approximate surface area is 180 Å². The van der Waals surface area contributed by atoms with Crippen molar-refractivity contribution >= 4 is 55.2 Å². The lowest BCUT2D eigenvalue weighted by Gasteiger charge is -2.19. The summed E-state index contributed by atoms with van der Waals surface area (Å²) in [5.74, 6) is -0.191. The van der Waals surface area contributed by atoms with Gasteiger partial charge in [-0.25, -0.2) is 4.98 Å². The minimum atomic E-state index is -0.191. The first-order valence-corrected chi connectivity index (χ1v) is 10.4. The molecule has 2 aromatic carbocycles. The predicted molar refractivity (Wildman–Crippen MR) is 119 cm³/mol. The first kappa shape index (κ1) is 18.6. The minimum Gasteiger partial charge on any atom is -0.278 e. The highest BCUT2D eigenvalue weighted by Gasteiger charge is 2.23. The fourth-order valence-corrected chi connectivity index (χ4v) is 4.41. The maximum Gasteiger partial charge on any atom is 0.260 e. The zero-order valence-corrected chi connectivity index (χ0v) is 17.1. The van der Waals surface area contributed by atoms with E-state index in [4.69, 9.17) is 11.6 Å². The summed E-state index contributed by atoms with van der Waals surface area (Å²) in [5.41, 5.74) is 3.34. The van der Waals surface area contributed by atoms with Crippen molar-refractivity contribution in [1.29, 1.82) is 0 Å². The van der Waals surface area contributed by atoms with E-state index in [1.165, 1.54) is 11.3 Å². The van der Waals surface area contributed by atoms with Crippen molar-refractivity contribution < 1.29 is 4.79 Å². The number of anilines is 1. The zero-order valence-electron chi connectivity index (χ0n) is 15.6. The number of hydrogen-bond acceptors (Lipinski definition) is 6. The molecule has 0 radical (unpaired) electrons. The average molecular weight is 432 g/mol. The number of para-hydroxylation sites is 1. The number of aromatic nitrogens is 4. The molecule has 1 amide bonds. The number of rotatable bonds is 4. The van der Waals surface area contributed by atoms with Gasteiger partial charge in [0.2, 0.25) is 0 Å². The van der Waals surface area contributed by atoms with Crippen LogP contribution < -0.4 is 4.90 Å². The normalized spacial score (nSPS) is 11.1. The van der Waals surface area contributed by atoms with Crippen molar-refractivity contribution in [3.05, 3.63) is 89.5 Å². The predicted octanol–water partition coefficient (Wildman–Crippen LogP) is 5.13. The number of carbonyl (C=O) groups excluding carboxylic acids is 1. The molecule has 0 aliphatic rings. The molecule has 0 N–H and O–H groups in total. The van der Waals surface area contributed by atoms with E-state index >= 15 is 0 Å². The van der Waals surface area contributed by atoms with Gasteiger partial charge in [-0.1, -0.05) is 35.1 Å². The van der Waals surface area contributed by atoms with Crippen LogP contribution in [0.2, 0.25) is 5.02 Å². The van der Waals surface area contributed by atoms with Gasteiger partial charge in [-0.05, 0) is 42.5 Å². The van der Waals surface area contributed by atoms with Gasteiger partial charge in [-0.2, -0.15) is 0 Å². The van der Waals surface area contributed by atoms with Gasteiger partial charge in [-0.3, -0.25) is 24.6 Å². The van der Waals surface area contributed by atoms with Crippen LogP contribution >= 0.6 is 22.9 Å². The second-order valence-corrected chi connectivity index (χ2v) is 7.97. The van der Waals surface area contributed by atoms with Crippen LogP contribution in [0, 0.1) is 0 Å². The van der Waals surface area contributed by atoms with Crippen LogP contribution in [0.1, 0.15) is 16.1 Å². The van der Waals surface area contributed by atoms with Gasteiger partial charge in [0, 0.05) is 24.2 Å². The topological polar surface area (TPSA) is 71.9 Å². The first-order chi connectivity index (χ1) is 14.7. The fourth-order valence-electron chi connectivity index (χ4n) is 3.15. The van der Waals surface area contributed by atoms with E-state index in [0.717, 1.165) is 15.9 Å². The molecule has 0 saturated carbocycles. The average Bonchev–Trinajstić information content (AvgIpc) is 3.23. The van der Waals surface area contributed by atoms with Crippen molar-refractivity contribution in [3.63, 3.8) is 0 Å².